The van der Waals surface area contributed by atoms with Gasteiger partial charge in [-0.05, 0) is 31.9 Å². The molecule has 0 saturated carbocycles. The van der Waals surface area contributed by atoms with Crippen LogP contribution in [0.15, 0.2) is 24.3 Å². The van der Waals surface area contributed by atoms with Crippen molar-refractivity contribution in [2.24, 2.45) is 5.73 Å². The lowest BCUT2D eigenvalue weighted by atomic mass is 10.1. The quantitative estimate of drug-likeness (QED) is 0.742. The summed E-state index contributed by atoms with van der Waals surface area (Å²) in [7, 11) is 0. The summed E-state index contributed by atoms with van der Waals surface area (Å²) in [6, 6.07) is 6.44. The maximum Gasteiger partial charge on any atom is 0.253 e. The molecule has 0 radical (unpaired) electrons. The summed E-state index contributed by atoms with van der Waals surface area (Å²) in [6.07, 6.45) is 1.40. The minimum absolute atomic E-state index is 0.0872. The summed E-state index contributed by atoms with van der Waals surface area (Å²) in [6.45, 7) is 5.77. The number of carbonyl (C=O) groups is 2. The Morgan fingerprint density at radius 1 is 1.20 bits per heavy atom. The molecular formula is C15H23N3O2. The third-order valence-electron chi connectivity index (χ3n) is 3.20. The molecule has 20 heavy (non-hydrogen) atoms. The van der Waals surface area contributed by atoms with Crippen LogP contribution in [0.4, 0.5) is 5.69 Å². The molecule has 0 aliphatic rings. The first-order valence-electron chi connectivity index (χ1n) is 6.95. The van der Waals surface area contributed by atoms with Crippen molar-refractivity contribution in [1.82, 2.24) is 5.32 Å². The van der Waals surface area contributed by atoms with Gasteiger partial charge in [0.2, 0.25) is 5.91 Å². The average Bonchev–Trinajstić information content (AvgIpc) is 2.46. The lowest BCUT2D eigenvalue weighted by Crippen LogP contribution is -2.36. The lowest BCUT2D eigenvalue weighted by Gasteiger charge is -2.16. The van der Waals surface area contributed by atoms with Crippen molar-refractivity contribution in [3.05, 3.63) is 29.8 Å². The Labute approximate surface area is 119 Å². The number of benzene rings is 1. The summed E-state index contributed by atoms with van der Waals surface area (Å²) in [5, 5.41) is 5.59. The maximum absolute atomic E-state index is 12.2. The van der Waals surface area contributed by atoms with Gasteiger partial charge in [0.15, 0.2) is 0 Å². The second-order valence-corrected chi connectivity index (χ2v) is 4.83. The zero-order chi connectivity index (χ0) is 15.1. The van der Waals surface area contributed by atoms with Gasteiger partial charge in [-0.15, -0.1) is 0 Å². The van der Waals surface area contributed by atoms with E-state index in [1.165, 1.54) is 0 Å². The molecule has 0 fully saturated rings. The van der Waals surface area contributed by atoms with Crippen LogP contribution in [0.1, 0.15) is 44.0 Å². The van der Waals surface area contributed by atoms with Crippen LogP contribution in [0.2, 0.25) is 0 Å². The molecule has 5 nitrogen and oxygen atoms in total. The Bertz CT molecular complexity index is 474. The first-order chi connectivity index (χ1) is 9.49. The molecule has 2 amide bonds. The van der Waals surface area contributed by atoms with E-state index in [0.717, 1.165) is 6.42 Å². The van der Waals surface area contributed by atoms with Crippen LogP contribution in [0.3, 0.4) is 0 Å². The highest BCUT2D eigenvalue weighted by Crippen LogP contribution is 2.15. The molecule has 1 aromatic rings. The molecule has 4 N–H and O–H groups in total. The van der Waals surface area contributed by atoms with Gasteiger partial charge in [0.05, 0.1) is 17.3 Å². The average molecular weight is 277 g/mol. The number of hydrogen-bond acceptors (Lipinski definition) is 3. The van der Waals surface area contributed by atoms with Crippen LogP contribution in [-0.2, 0) is 4.79 Å². The van der Waals surface area contributed by atoms with Gasteiger partial charge >= 0.3 is 0 Å². The largest absolute Gasteiger partial charge is 0.350 e. The van der Waals surface area contributed by atoms with Crippen molar-refractivity contribution in [3.63, 3.8) is 0 Å². The van der Waals surface area contributed by atoms with E-state index in [1.807, 2.05) is 20.8 Å². The predicted molar refractivity (Wildman–Crippen MR) is 80.6 cm³/mol. The molecule has 0 aliphatic heterocycles. The van der Waals surface area contributed by atoms with Crippen LogP contribution in [-0.4, -0.2) is 23.9 Å². The molecule has 110 valence electrons. The molecule has 0 aromatic heterocycles. The number of hydrogen-bond donors (Lipinski definition) is 3. The van der Waals surface area contributed by atoms with Gasteiger partial charge in [-0.1, -0.05) is 26.0 Å². The van der Waals surface area contributed by atoms with Crippen molar-refractivity contribution in [2.45, 2.75) is 45.7 Å². The van der Waals surface area contributed by atoms with Crippen LogP contribution in [0.5, 0.6) is 0 Å². The number of carbonyl (C=O) groups excluding carboxylic acids is 2. The maximum atomic E-state index is 12.2. The first kappa shape index (κ1) is 16.2. The third-order valence-corrected chi connectivity index (χ3v) is 3.20. The topological polar surface area (TPSA) is 84.2 Å². The van der Waals surface area contributed by atoms with Crippen molar-refractivity contribution < 1.29 is 9.59 Å². The molecule has 5 heteroatoms. The van der Waals surface area contributed by atoms with Gasteiger partial charge in [-0.3, -0.25) is 9.59 Å². The Morgan fingerprint density at radius 3 is 2.45 bits per heavy atom. The number of rotatable bonds is 6. The van der Waals surface area contributed by atoms with E-state index in [9.17, 15) is 9.59 Å². The van der Waals surface area contributed by atoms with Crippen molar-refractivity contribution >= 4 is 17.5 Å². The van der Waals surface area contributed by atoms with Crippen molar-refractivity contribution in [1.29, 1.82) is 0 Å². The summed E-state index contributed by atoms with van der Waals surface area (Å²) in [5.41, 5.74) is 6.62. The second kappa shape index (κ2) is 7.65. The fraction of sp³-hybridized carbons (Fsp3) is 0.467. The molecule has 1 aromatic carbocycles. The number of nitrogens with one attached hydrogen (secondary N) is 2. The fourth-order valence-corrected chi connectivity index (χ4v) is 1.60. The minimum Gasteiger partial charge on any atom is -0.350 e. The Balaban J connectivity index is 2.88. The molecule has 1 rings (SSSR count). The molecule has 0 heterocycles. The van der Waals surface area contributed by atoms with Gasteiger partial charge < -0.3 is 16.4 Å². The van der Waals surface area contributed by atoms with E-state index in [1.54, 1.807) is 24.3 Å². The zero-order valence-electron chi connectivity index (χ0n) is 12.3. The van der Waals surface area contributed by atoms with Crippen LogP contribution >= 0.6 is 0 Å². The van der Waals surface area contributed by atoms with Gasteiger partial charge in [0.1, 0.15) is 0 Å². The molecule has 0 spiro atoms. The minimum atomic E-state index is -0.569. The number of para-hydroxylation sites is 1. The summed E-state index contributed by atoms with van der Waals surface area (Å²) >= 11 is 0. The van der Waals surface area contributed by atoms with Gasteiger partial charge in [-0.2, -0.15) is 0 Å². The van der Waals surface area contributed by atoms with Crippen LogP contribution in [0.25, 0.3) is 0 Å². The highest BCUT2D eigenvalue weighted by molar-refractivity contribution is 6.04. The summed E-state index contributed by atoms with van der Waals surface area (Å²) in [4.78, 5) is 24.0. The predicted octanol–water partition coefficient (Wildman–Crippen LogP) is 1.89. The van der Waals surface area contributed by atoms with Crippen LogP contribution in [0, 0.1) is 0 Å². The van der Waals surface area contributed by atoms with Gasteiger partial charge in [0.25, 0.3) is 5.91 Å². The van der Waals surface area contributed by atoms with E-state index in [0.29, 0.717) is 17.7 Å². The van der Waals surface area contributed by atoms with Crippen molar-refractivity contribution in [2.75, 3.05) is 5.32 Å². The Morgan fingerprint density at radius 2 is 1.85 bits per heavy atom. The smallest absolute Gasteiger partial charge is 0.253 e. The first-order valence-corrected chi connectivity index (χ1v) is 6.95. The van der Waals surface area contributed by atoms with Gasteiger partial charge in [0, 0.05) is 6.04 Å². The third kappa shape index (κ3) is 4.35. The highest BCUT2D eigenvalue weighted by Gasteiger charge is 2.16. The van der Waals surface area contributed by atoms with Crippen molar-refractivity contribution in [3.8, 4) is 0 Å². The van der Waals surface area contributed by atoms with E-state index in [4.69, 9.17) is 5.73 Å². The molecular weight excluding hydrogens is 254 g/mol. The zero-order valence-corrected chi connectivity index (χ0v) is 12.3. The fourth-order valence-electron chi connectivity index (χ4n) is 1.60. The number of nitrogens with two attached hydrogens (primary N) is 1. The van der Waals surface area contributed by atoms with E-state index in [-0.39, 0.29) is 17.9 Å². The molecule has 0 saturated heterocycles. The molecule has 2 unspecified atom stereocenters. The van der Waals surface area contributed by atoms with Gasteiger partial charge in [-0.25, -0.2) is 0 Å². The lowest BCUT2D eigenvalue weighted by molar-refractivity contribution is -0.117. The standard InChI is InChI=1S/C15H23N3O2/c1-4-10(3)17-14(19)11-8-6-7-9-13(11)18-15(20)12(16)5-2/h6-10,12H,4-5,16H2,1-3H3,(H,17,19)(H,18,20). The number of amides is 2. The van der Waals surface area contributed by atoms with E-state index >= 15 is 0 Å². The molecule has 0 bridgehead atoms. The monoisotopic (exact) mass is 277 g/mol. The number of anilines is 1. The molecule has 2 atom stereocenters. The molecule has 0 aliphatic carbocycles. The second-order valence-electron chi connectivity index (χ2n) is 4.83. The van der Waals surface area contributed by atoms with Crippen LogP contribution < -0.4 is 16.4 Å². The summed E-state index contributed by atoms with van der Waals surface area (Å²) in [5.74, 6) is -0.475. The van der Waals surface area contributed by atoms with E-state index in [2.05, 4.69) is 10.6 Å². The SMILES string of the molecule is CCC(C)NC(=O)c1ccccc1NC(=O)C(N)CC. The Hall–Kier alpha value is -1.88. The normalized spacial score (nSPS) is 13.4. The Kier molecular flexibility index (Phi) is 6.18. The highest BCUT2D eigenvalue weighted by atomic mass is 16.2. The summed E-state index contributed by atoms with van der Waals surface area (Å²) < 4.78 is 0. The van der Waals surface area contributed by atoms with E-state index < -0.39 is 6.04 Å².